The molecule has 0 saturated carbocycles. The molecule has 2 nitrogen and oxygen atoms in total. The van der Waals surface area contributed by atoms with Crippen LogP contribution in [0.15, 0.2) is 48.5 Å². The van der Waals surface area contributed by atoms with Crippen LogP contribution < -0.4 is 5.32 Å². The van der Waals surface area contributed by atoms with Crippen LogP contribution in [-0.2, 0) is 13.1 Å². The second kappa shape index (κ2) is 6.02. The number of hydrogen-bond donors (Lipinski definition) is 2. The van der Waals surface area contributed by atoms with E-state index in [-0.39, 0.29) is 0 Å². The molecule has 0 aliphatic heterocycles. The SMILES string of the molecule is Oc1ccc(CNCc2ccc(I)cc2)cc1. The fourth-order valence-corrected chi connectivity index (χ4v) is 1.93. The predicted molar refractivity (Wildman–Crippen MR) is 77.8 cm³/mol. The summed E-state index contributed by atoms with van der Waals surface area (Å²) in [4.78, 5) is 0. The first kappa shape index (κ1) is 12.4. The van der Waals surface area contributed by atoms with Gasteiger partial charge in [-0.3, -0.25) is 0 Å². The van der Waals surface area contributed by atoms with E-state index in [1.807, 2.05) is 12.1 Å². The third-order valence-corrected chi connectivity index (χ3v) is 3.23. The Bertz CT molecular complexity index is 419. The zero-order chi connectivity index (χ0) is 12.1. The van der Waals surface area contributed by atoms with Gasteiger partial charge in [0.15, 0.2) is 0 Å². The van der Waals surface area contributed by atoms with Crippen LogP contribution >= 0.6 is 22.6 Å². The quantitative estimate of drug-likeness (QED) is 0.838. The normalized spacial score (nSPS) is 10.4. The summed E-state index contributed by atoms with van der Waals surface area (Å²) in [7, 11) is 0. The molecule has 0 amide bonds. The van der Waals surface area contributed by atoms with Gasteiger partial charge in [0.05, 0.1) is 0 Å². The van der Waals surface area contributed by atoms with Crippen LogP contribution in [0.1, 0.15) is 11.1 Å². The van der Waals surface area contributed by atoms with Gasteiger partial charge in [-0.15, -0.1) is 0 Å². The number of halogens is 1. The summed E-state index contributed by atoms with van der Waals surface area (Å²) in [5.41, 5.74) is 2.46. The van der Waals surface area contributed by atoms with E-state index in [0.29, 0.717) is 5.75 Å². The van der Waals surface area contributed by atoms with E-state index in [2.05, 4.69) is 52.2 Å². The van der Waals surface area contributed by atoms with Gasteiger partial charge in [-0.1, -0.05) is 24.3 Å². The second-order valence-electron chi connectivity index (χ2n) is 3.90. The fraction of sp³-hybridized carbons (Fsp3) is 0.143. The maximum absolute atomic E-state index is 9.16. The fourth-order valence-electron chi connectivity index (χ4n) is 1.57. The second-order valence-corrected chi connectivity index (χ2v) is 5.14. The Hall–Kier alpha value is -1.07. The van der Waals surface area contributed by atoms with E-state index in [9.17, 15) is 0 Å². The van der Waals surface area contributed by atoms with Crippen LogP contribution in [0.25, 0.3) is 0 Å². The Morgan fingerprint density at radius 1 is 0.824 bits per heavy atom. The highest BCUT2D eigenvalue weighted by Gasteiger charge is 1.95. The van der Waals surface area contributed by atoms with Crippen LogP contribution in [0.4, 0.5) is 0 Å². The summed E-state index contributed by atoms with van der Waals surface area (Å²) in [6.07, 6.45) is 0. The van der Waals surface area contributed by atoms with Crippen molar-refractivity contribution in [1.29, 1.82) is 0 Å². The molecule has 0 aromatic heterocycles. The molecule has 0 fully saturated rings. The molecule has 0 aliphatic rings. The van der Waals surface area contributed by atoms with Crippen LogP contribution in [-0.4, -0.2) is 5.11 Å². The maximum Gasteiger partial charge on any atom is 0.115 e. The van der Waals surface area contributed by atoms with Crippen LogP contribution in [0.3, 0.4) is 0 Å². The lowest BCUT2D eigenvalue weighted by molar-refractivity contribution is 0.475. The van der Waals surface area contributed by atoms with Crippen molar-refractivity contribution in [3.05, 3.63) is 63.2 Å². The molecule has 0 spiro atoms. The van der Waals surface area contributed by atoms with Crippen LogP contribution in [0, 0.1) is 3.57 Å². The number of aromatic hydroxyl groups is 1. The van der Waals surface area contributed by atoms with Crippen molar-refractivity contribution in [2.24, 2.45) is 0 Å². The molecule has 2 rings (SSSR count). The van der Waals surface area contributed by atoms with Gasteiger partial charge in [0.2, 0.25) is 0 Å². The Kier molecular flexibility index (Phi) is 4.39. The van der Waals surface area contributed by atoms with E-state index in [1.165, 1.54) is 14.7 Å². The average molecular weight is 339 g/mol. The minimum atomic E-state index is 0.311. The van der Waals surface area contributed by atoms with Gasteiger partial charge in [0.1, 0.15) is 5.75 Å². The van der Waals surface area contributed by atoms with Crippen molar-refractivity contribution >= 4 is 22.6 Å². The van der Waals surface area contributed by atoms with E-state index in [0.717, 1.165) is 13.1 Å². The van der Waals surface area contributed by atoms with Crippen molar-refractivity contribution in [1.82, 2.24) is 5.32 Å². The first-order valence-electron chi connectivity index (χ1n) is 5.47. The molecule has 0 aliphatic carbocycles. The topological polar surface area (TPSA) is 32.3 Å². The highest BCUT2D eigenvalue weighted by molar-refractivity contribution is 14.1. The highest BCUT2D eigenvalue weighted by Crippen LogP contribution is 2.10. The number of rotatable bonds is 4. The molecule has 2 aromatic carbocycles. The lowest BCUT2D eigenvalue weighted by Crippen LogP contribution is -2.12. The largest absolute Gasteiger partial charge is 0.508 e. The standard InChI is InChI=1S/C14H14INO/c15-13-5-1-11(2-6-13)9-16-10-12-3-7-14(17)8-4-12/h1-8,16-17H,9-10H2. The van der Waals surface area contributed by atoms with Crippen LogP contribution in [0.5, 0.6) is 5.75 Å². The summed E-state index contributed by atoms with van der Waals surface area (Å²) in [6.45, 7) is 1.67. The molecule has 88 valence electrons. The molecule has 0 atom stereocenters. The zero-order valence-electron chi connectivity index (χ0n) is 9.36. The molecule has 0 unspecified atom stereocenters. The first-order valence-corrected chi connectivity index (χ1v) is 6.55. The van der Waals surface area contributed by atoms with Crippen molar-refractivity contribution in [3.63, 3.8) is 0 Å². The predicted octanol–water partition coefficient (Wildman–Crippen LogP) is 3.29. The molecular weight excluding hydrogens is 325 g/mol. The molecule has 0 saturated heterocycles. The van der Waals surface area contributed by atoms with E-state index < -0.39 is 0 Å². The number of nitrogens with one attached hydrogen (secondary N) is 1. The van der Waals surface area contributed by atoms with Crippen molar-refractivity contribution < 1.29 is 5.11 Å². The highest BCUT2D eigenvalue weighted by atomic mass is 127. The van der Waals surface area contributed by atoms with Gasteiger partial charge in [-0.2, -0.15) is 0 Å². The summed E-state index contributed by atoms with van der Waals surface area (Å²) in [5.74, 6) is 0.311. The maximum atomic E-state index is 9.16. The minimum Gasteiger partial charge on any atom is -0.508 e. The molecule has 17 heavy (non-hydrogen) atoms. The molecule has 0 bridgehead atoms. The number of phenols is 1. The summed E-state index contributed by atoms with van der Waals surface area (Å²) < 4.78 is 1.25. The first-order chi connectivity index (χ1) is 8.24. The molecule has 0 radical (unpaired) electrons. The third-order valence-electron chi connectivity index (χ3n) is 2.51. The van der Waals surface area contributed by atoms with Crippen molar-refractivity contribution in [2.75, 3.05) is 0 Å². The van der Waals surface area contributed by atoms with Gasteiger partial charge in [0, 0.05) is 16.7 Å². The van der Waals surface area contributed by atoms with Gasteiger partial charge >= 0.3 is 0 Å². The Morgan fingerprint density at radius 2 is 1.29 bits per heavy atom. The molecule has 2 N–H and O–H groups in total. The Labute approximate surface area is 115 Å². The number of phenolic OH excluding ortho intramolecular Hbond substituents is 1. The van der Waals surface area contributed by atoms with Crippen molar-refractivity contribution in [3.8, 4) is 5.75 Å². The number of hydrogen-bond acceptors (Lipinski definition) is 2. The molecular formula is C14H14INO. The summed E-state index contributed by atoms with van der Waals surface area (Å²) >= 11 is 2.30. The zero-order valence-corrected chi connectivity index (χ0v) is 11.5. The lowest BCUT2D eigenvalue weighted by atomic mass is 10.2. The van der Waals surface area contributed by atoms with Gasteiger partial charge < -0.3 is 10.4 Å². The average Bonchev–Trinajstić information content (AvgIpc) is 2.34. The van der Waals surface area contributed by atoms with Gasteiger partial charge in [-0.05, 0) is 58.0 Å². The lowest BCUT2D eigenvalue weighted by Gasteiger charge is -2.05. The smallest absolute Gasteiger partial charge is 0.115 e. The summed E-state index contributed by atoms with van der Waals surface area (Å²) in [6, 6.07) is 15.8. The Balaban J connectivity index is 1.83. The van der Waals surface area contributed by atoms with E-state index in [1.54, 1.807) is 12.1 Å². The summed E-state index contributed by atoms with van der Waals surface area (Å²) in [5, 5.41) is 12.5. The molecule has 3 heteroatoms. The van der Waals surface area contributed by atoms with Gasteiger partial charge in [-0.25, -0.2) is 0 Å². The van der Waals surface area contributed by atoms with E-state index in [4.69, 9.17) is 5.11 Å². The van der Waals surface area contributed by atoms with E-state index >= 15 is 0 Å². The Morgan fingerprint density at radius 3 is 1.82 bits per heavy atom. The van der Waals surface area contributed by atoms with Gasteiger partial charge in [0.25, 0.3) is 0 Å². The van der Waals surface area contributed by atoms with Crippen LogP contribution in [0.2, 0.25) is 0 Å². The van der Waals surface area contributed by atoms with Crippen molar-refractivity contribution in [2.45, 2.75) is 13.1 Å². The molecule has 0 heterocycles. The minimum absolute atomic E-state index is 0.311. The molecule has 2 aromatic rings. The number of benzene rings is 2. The monoisotopic (exact) mass is 339 g/mol. The third kappa shape index (κ3) is 4.02.